The second kappa shape index (κ2) is 5.86. The number of anilines is 1. The molecule has 9 heteroatoms. The zero-order chi connectivity index (χ0) is 14.8. The molecular formula is C11H8ClF3N4S. The van der Waals surface area contributed by atoms with E-state index in [0.717, 1.165) is 17.8 Å². The van der Waals surface area contributed by atoms with Gasteiger partial charge in [-0.05, 0) is 24.3 Å². The Morgan fingerprint density at radius 2 is 1.80 bits per heavy atom. The van der Waals surface area contributed by atoms with Crippen molar-refractivity contribution < 1.29 is 13.2 Å². The number of nitrogens with zero attached hydrogens (tertiary/aromatic N) is 2. The first-order chi connectivity index (χ1) is 9.38. The second-order valence-corrected chi connectivity index (χ2v) is 5.14. The number of benzene rings is 1. The van der Waals surface area contributed by atoms with Crippen LogP contribution in [0.25, 0.3) is 0 Å². The standard InChI is InChI=1S/C11H8ClF3N4S/c12-6-1-3-7(4-2-6)20-9-5-8(11(13,14)15)17-10(18-9)19-16/h1-5H,16H2,(H,17,18,19). The van der Waals surface area contributed by atoms with Crippen LogP contribution >= 0.6 is 23.4 Å². The Bertz CT molecular complexity index is 604. The number of halogens is 4. The molecule has 3 N–H and O–H groups in total. The lowest BCUT2D eigenvalue weighted by molar-refractivity contribution is -0.141. The van der Waals surface area contributed by atoms with Gasteiger partial charge in [-0.2, -0.15) is 13.2 Å². The zero-order valence-corrected chi connectivity index (χ0v) is 11.4. The summed E-state index contributed by atoms with van der Waals surface area (Å²) < 4.78 is 38.1. The van der Waals surface area contributed by atoms with Crippen LogP contribution in [0, 0.1) is 0 Å². The zero-order valence-electron chi connectivity index (χ0n) is 9.78. The third-order valence-corrected chi connectivity index (χ3v) is 3.34. The monoisotopic (exact) mass is 320 g/mol. The number of aromatic nitrogens is 2. The summed E-state index contributed by atoms with van der Waals surface area (Å²) in [4.78, 5) is 7.84. The molecule has 0 fully saturated rings. The number of nitrogen functional groups attached to an aromatic ring is 1. The van der Waals surface area contributed by atoms with Crippen LogP contribution in [0.15, 0.2) is 40.3 Å². The fraction of sp³-hybridized carbons (Fsp3) is 0.0909. The van der Waals surface area contributed by atoms with Gasteiger partial charge in [0, 0.05) is 16.0 Å². The number of nitrogens with one attached hydrogen (secondary N) is 1. The summed E-state index contributed by atoms with van der Waals surface area (Å²) in [6.45, 7) is 0. The quantitative estimate of drug-likeness (QED) is 0.514. The summed E-state index contributed by atoms with van der Waals surface area (Å²) in [6, 6.07) is 7.49. The van der Waals surface area contributed by atoms with E-state index in [1.165, 1.54) is 0 Å². The summed E-state index contributed by atoms with van der Waals surface area (Å²) in [5.41, 5.74) is 0.960. The van der Waals surface area contributed by atoms with Crippen molar-refractivity contribution in [1.29, 1.82) is 0 Å². The van der Waals surface area contributed by atoms with Crippen LogP contribution in [0.3, 0.4) is 0 Å². The van der Waals surface area contributed by atoms with Gasteiger partial charge in [-0.25, -0.2) is 15.8 Å². The van der Waals surface area contributed by atoms with E-state index in [1.807, 2.05) is 5.43 Å². The number of hydrazine groups is 1. The first-order valence-electron chi connectivity index (χ1n) is 5.25. The Morgan fingerprint density at radius 3 is 2.35 bits per heavy atom. The van der Waals surface area contributed by atoms with E-state index in [9.17, 15) is 13.2 Å². The molecule has 1 aromatic heterocycles. The van der Waals surface area contributed by atoms with Crippen molar-refractivity contribution >= 4 is 29.3 Å². The summed E-state index contributed by atoms with van der Waals surface area (Å²) in [6.07, 6.45) is -4.57. The molecule has 0 amide bonds. The summed E-state index contributed by atoms with van der Waals surface area (Å²) in [5.74, 6) is 4.78. The second-order valence-electron chi connectivity index (χ2n) is 3.61. The molecule has 1 heterocycles. The molecule has 4 nitrogen and oxygen atoms in total. The number of hydrogen-bond donors (Lipinski definition) is 2. The summed E-state index contributed by atoms with van der Waals surface area (Å²) in [7, 11) is 0. The highest BCUT2D eigenvalue weighted by molar-refractivity contribution is 7.99. The van der Waals surface area contributed by atoms with Crippen LogP contribution in [0.4, 0.5) is 19.1 Å². The van der Waals surface area contributed by atoms with Gasteiger partial charge in [0.25, 0.3) is 0 Å². The lowest BCUT2D eigenvalue weighted by Gasteiger charge is -2.09. The van der Waals surface area contributed by atoms with Gasteiger partial charge in [0.2, 0.25) is 5.95 Å². The molecule has 2 rings (SSSR count). The molecular weight excluding hydrogens is 313 g/mol. The van der Waals surface area contributed by atoms with E-state index in [4.69, 9.17) is 17.4 Å². The topological polar surface area (TPSA) is 63.8 Å². The predicted octanol–water partition coefficient (Wildman–Crippen LogP) is 3.59. The lowest BCUT2D eigenvalue weighted by atomic mass is 10.4. The molecule has 0 aliphatic heterocycles. The molecule has 2 aromatic rings. The van der Waals surface area contributed by atoms with Crippen molar-refractivity contribution in [3.63, 3.8) is 0 Å². The Labute approximate surface area is 121 Å². The Morgan fingerprint density at radius 1 is 1.15 bits per heavy atom. The van der Waals surface area contributed by atoms with Crippen molar-refractivity contribution in [2.24, 2.45) is 5.84 Å². The van der Waals surface area contributed by atoms with Crippen molar-refractivity contribution in [3.05, 3.63) is 41.0 Å². The van der Waals surface area contributed by atoms with E-state index in [0.29, 0.717) is 9.92 Å². The fourth-order valence-corrected chi connectivity index (χ4v) is 2.25. The Hall–Kier alpha value is -1.51. The van der Waals surface area contributed by atoms with Crippen LogP contribution in [-0.2, 0) is 6.18 Å². The molecule has 0 saturated carbocycles. The summed E-state index contributed by atoms with van der Waals surface area (Å²) >= 11 is 6.79. The van der Waals surface area contributed by atoms with Crippen LogP contribution in [0.2, 0.25) is 5.02 Å². The summed E-state index contributed by atoms with van der Waals surface area (Å²) in [5, 5.41) is 0.667. The van der Waals surface area contributed by atoms with Gasteiger partial charge >= 0.3 is 6.18 Å². The largest absolute Gasteiger partial charge is 0.433 e. The minimum atomic E-state index is -4.57. The third kappa shape index (κ3) is 3.75. The highest BCUT2D eigenvalue weighted by atomic mass is 35.5. The number of rotatable bonds is 3. The van der Waals surface area contributed by atoms with E-state index < -0.39 is 11.9 Å². The smallest absolute Gasteiger partial charge is 0.292 e. The Balaban J connectivity index is 2.33. The minimum absolute atomic E-state index is 0.127. The van der Waals surface area contributed by atoms with E-state index in [1.54, 1.807) is 24.3 Å². The van der Waals surface area contributed by atoms with Gasteiger partial charge < -0.3 is 0 Å². The third-order valence-electron chi connectivity index (χ3n) is 2.16. The molecule has 0 unspecified atom stereocenters. The van der Waals surface area contributed by atoms with Crippen molar-refractivity contribution in [2.45, 2.75) is 16.1 Å². The SMILES string of the molecule is NNc1nc(Sc2ccc(Cl)cc2)cc(C(F)(F)F)n1. The molecule has 0 bridgehead atoms. The van der Waals surface area contributed by atoms with Crippen LogP contribution in [-0.4, -0.2) is 9.97 Å². The van der Waals surface area contributed by atoms with Gasteiger partial charge in [0.05, 0.1) is 0 Å². The Kier molecular flexibility index (Phi) is 4.36. The van der Waals surface area contributed by atoms with Gasteiger partial charge in [0.1, 0.15) is 5.03 Å². The van der Waals surface area contributed by atoms with E-state index in [-0.39, 0.29) is 11.0 Å². The van der Waals surface area contributed by atoms with Gasteiger partial charge in [-0.3, -0.25) is 5.43 Å². The maximum Gasteiger partial charge on any atom is 0.433 e. The molecule has 0 saturated heterocycles. The highest BCUT2D eigenvalue weighted by Crippen LogP contribution is 2.33. The van der Waals surface area contributed by atoms with Crippen LogP contribution < -0.4 is 11.3 Å². The molecule has 0 aliphatic carbocycles. The molecule has 0 aliphatic rings. The number of nitrogens with two attached hydrogens (primary N) is 1. The predicted molar refractivity (Wildman–Crippen MR) is 70.4 cm³/mol. The van der Waals surface area contributed by atoms with Crippen molar-refractivity contribution in [1.82, 2.24) is 9.97 Å². The van der Waals surface area contributed by atoms with Crippen LogP contribution in [0.1, 0.15) is 5.69 Å². The van der Waals surface area contributed by atoms with E-state index in [2.05, 4.69) is 9.97 Å². The minimum Gasteiger partial charge on any atom is -0.292 e. The van der Waals surface area contributed by atoms with Crippen LogP contribution in [0.5, 0.6) is 0 Å². The number of hydrogen-bond acceptors (Lipinski definition) is 5. The molecule has 0 spiro atoms. The lowest BCUT2D eigenvalue weighted by Crippen LogP contribution is -2.15. The molecule has 1 aromatic carbocycles. The van der Waals surface area contributed by atoms with Crippen molar-refractivity contribution in [2.75, 3.05) is 5.43 Å². The first kappa shape index (κ1) is 14.9. The maximum atomic E-state index is 12.7. The van der Waals surface area contributed by atoms with Gasteiger partial charge in [-0.1, -0.05) is 23.4 Å². The van der Waals surface area contributed by atoms with Gasteiger partial charge in [0.15, 0.2) is 5.69 Å². The molecule has 106 valence electrons. The number of alkyl halides is 3. The van der Waals surface area contributed by atoms with Crippen molar-refractivity contribution in [3.8, 4) is 0 Å². The van der Waals surface area contributed by atoms with Gasteiger partial charge in [-0.15, -0.1) is 0 Å². The first-order valence-corrected chi connectivity index (χ1v) is 6.44. The average Bonchev–Trinajstić information content (AvgIpc) is 2.40. The normalized spacial score (nSPS) is 11.4. The van der Waals surface area contributed by atoms with E-state index >= 15 is 0 Å². The fourth-order valence-electron chi connectivity index (χ4n) is 1.31. The molecule has 20 heavy (non-hydrogen) atoms. The molecule has 0 atom stereocenters. The maximum absolute atomic E-state index is 12.7. The molecule has 0 radical (unpaired) electrons. The highest BCUT2D eigenvalue weighted by Gasteiger charge is 2.33. The average molecular weight is 321 g/mol.